The van der Waals surface area contributed by atoms with Crippen molar-refractivity contribution in [3.63, 3.8) is 0 Å². The lowest BCUT2D eigenvalue weighted by molar-refractivity contribution is 0.466. The maximum atomic E-state index is 5.54. The van der Waals surface area contributed by atoms with Crippen molar-refractivity contribution in [1.82, 2.24) is 10.2 Å². The summed E-state index contributed by atoms with van der Waals surface area (Å²) in [5.41, 5.74) is 2.14. The lowest BCUT2D eigenvalue weighted by atomic mass is 10.1. The summed E-state index contributed by atoms with van der Waals surface area (Å²) in [5, 5.41) is 8.54. The second-order valence-electron chi connectivity index (χ2n) is 3.55. The van der Waals surface area contributed by atoms with Gasteiger partial charge >= 0.3 is 0 Å². The molecule has 0 atom stereocenters. The van der Waals surface area contributed by atoms with E-state index in [2.05, 4.69) is 32.7 Å². The Morgan fingerprint density at radius 3 is 2.71 bits per heavy atom. The fourth-order valence-corrected chi connectivity index (χ4v) is 2.08. The summed E-state index contributed by atoms with van der Waals surface area (Å²) < 4.78 is 6.44. The molecule has 0 spiro atoms. The van der Waals surface area contributed by atoms with E-state index in [-0.39, 0.29) is 0 Å². The number of aryl methyl sites for hydroxylation is 1. The van der Waals surface area contributed by atoms with Crippen LogP contribution in [0.5, 0.6) is 0 Å². The van der Waals surface area contributed by atoms with Crippen LogP contribution >= 0.6 is 27.7 Å². The van der Waals surface area contributed by atoms with Gasteiger partial charge in [-0.05, 0) is 23.5 Å². The maximum absolute atomic E-state index is 5.54. The SMILES string of the molecule is C=C(Br)CSc1nnc(-c2ccc(C)cc2)o1. The first-order chi connectivity index (χ1) is 8.15. The molecule has 88 valence electrons. The third-order valence-corrected chi connectivity index (χ3v) is 3.61. The zero-order chi connectivity index (χ0) is 12.3. The number of rotatable bonds is 4. The minimum Gasteiger partial charge on any atom is -0.411 e. The van der Waals surface area contributed by atoms with Crippen LogP contribution in [-0.4, -0.2) is 16.0 Å². The number of hydrogen-bond acceptors (Lipinski definition) is 4. The standard InChI is InChI=1S/C12H11BrN2OS/c1-8-3-5-10(6-4-8)11-14-15-12(16-11)17-7-9(2)13/h3-6H,2,7H2,1H3. The van der Waals surface area contributed by atoms with Crippen LogP contribution in [0.4, 0.5) is 0 Å². The molecule has 0 aliphatic heterocycles. The maximum Gasteiger partial charge on any atom is 0.277 e. The van der Waals surface area contributed by atoms with Gasteiger partial charge in [-0.2, -0.15) is 0 Å². The van der Waals surface area contributed by atoms with Gasteiger partial charge in [0.1, 0.15) is 0 Å². The number of hydrogen-bond donors (Lipinski definition) is 0. The van der Waals surface area contributed by atoms with E-state index < -0.39 is 0 Å². The van der Waals surface area contributed by atoms with E-state index in [9.17, 15) is 0 Å². The normalized spacial score (nSPS) is 10.5. The van der Waals surface area contributed by atoms with Crippen LogP contribution in [0, 0.1) is 6.92 Å². The fourth-order valence-electron chi connectivity index (χ4n) is 1.22. The molecule has 1 aromatic carbocycles. The molecule has 17 heavy (non-hydrogen) atoms. The Hall–Kier alpha value is -1.07. The van der Waals surface area contributed by atoms with Crippen molar-refractivity contribution in [1.29, 1.82) is 0 Å². The average Bonchev–Trinajstić information content (AvgIpc) is 2.76. The molecule has 3 nitrogen and oxygen atoms in total. The topological polar surface area (TPSA) is 38.9 Å². The Labute approximate surface area is 112 Å². The molecule has 1 heterocycles. The highest BCUT2D eigenvalue weighted by atomic mass is 79.9. The Morgan fingerprint density at radius 1 is 1.35 bits per heavy atom. The van der Waals surface area contributed by atoms with Gasteiger partial charge in [-0.15, -0.1) is 10.2 Å². The van der Waals surface area contributed by atoms with Crippen LogP contribution in [0.3, 0.4) is 0 Å². The molecule has 0 saturated carbocycles. The molecule has 1 aromatic heterocycles. The van der Waals surface area contributed by atoms with Gasteiger partial charge in [0.05, 0.1) is 0 Å². The van der Waals surface area contributed by atoms with Crippen LogP contribution in [-0.2, 0) is 0 Å². The first-order valence-electron chi connectivity index (χ1n) is 5.02. The molecule has 0 saturated heterocycles. The molecule has 0 fully saturated rings. The van der Waals surface area contributed by atoms with Crippen LogP contribution in [0.15, 0.2) is 45.0 Å². The highest BCUT2D eigenvalue weighted by Gasteiger charge is 2.08. The molecule has 0 aliphatic carbocycles. The molecule has 0 unspecified atom stereocenters. The van der Waals surface area contributed by atoms with E-state index in [1.54, 1.807) is 0 Å². The predicted octanol–water partition coefficient (Wildman–Crippen LogP) is 4.05. The average molecular weight is 311 g/mol. The molecule has 5 heteroatoms. The molecule has 2 aromatic rings. The highest BCUT2D eigenvalue weighted by molar-refractivity contribution is 9.11. The largest absolute Gasteiger partial charge is 0.411 e. The van der Waals surface area contributed by atoms with Gasteiger partial charge in [-0.3, -0.25) is 0 Å². The van der Waals surface area contributed by atoms with Gasteiger partial charge in [-0.1, -0.05) is 52.0 Å². The van der Waals surface area contributed by atoms with Crippen molar-refractivity contribution in [2.24, 2.45) is 0 Å². The van der Waals surface area contributed by atoms with Crippen LogP contribution in [0.25, 0.3) is 11.5 Å². The summed E-state index contributed by atoms with van der Waals surface area (Å²) in [5.74, 6) is 1.27. The minimum absolute atomic E-state index is 0.549. The monoisotopic (exact) mass is 310 g/mol. The molecule has 0 N–H and O–H groups in total. The van der Waals surface area contributed by atoms with Gasteiger partial charge < -0.3 is 4.42 Å². The van der Waals surface area contributed by atoms with E-state index in [0.717, 1.165) is 15.8 Å². The second kappa shape index (κ2) is 5.51. The summed E-state index contributed by atoms with van der Waals surface area (Å²) in [6, 6.07) is 7.99. The number of thioether (sulfide) groups is 1. The minimum atomic E-state index is 0.549. The van der Waals surface area contributed by atoms with Crippen LogP contribution in [0.1, 0.15) is 5.56 Å². The van der Waals surface area contributed by atoms with Gasteiger partial charge in [-0.25, -0.2) is 0 Å². The molecule has 0 radical (unpaired) electrons. The van der Waals surface area contributed by atoms with Crippen molar-refractivity contribution >= 4 is 27.7 Å². The number of benzene rings is 1. The van der Waals surface area contributed by atoms with Crippen LogP contribution in [0.2, 0.25) is 0 Å². The molecule has 0 amide bonds. The first kappa shape index (κ1) is 12.4. The third kappa shape index (κ3) is 3.44. The first-order valence-corrected chi connectivity index (χ1v) is 6.79. The predicted molar refractivity (Wildman–Crippen MR) is 73.3 cm³/mol. The third-order valence-electron chi connectivity index (χ3n) is 2.06. The molecule has 2 rings (SSSR count). The second-order valence-corrected chi connectivity index (χ2v) is 5.59. The van der Waals surface area contributed by atoms with Crippen molar-refractivity contribution in [2.75, 3.05) is 5.75 Å². The number of halogens is 1. The summed E-state index contributed by atoms with van der Waals surface area (Å²) in [6.45, 7) is 5.79. The Kier molecular flexibility index (Phi) is 4.02. The van der Waals surface area contributed by atoms with Gasteiger partial charge in [0, 0.05) is 11.3 Å². The Morgan fingerprint density at radius 2 is 2.06 bits per heavy atom. The van der Waals surface area contributed by atoms with E-state index in [1.807, 2.05) is 31.2 Å². The van der Waals surface area contributed by atoms with Crippen molar-refractivity contribution in [2.45, 2.75) is 12.1 Å². The molecule has 0 bridgehead atoms. The summed E-state index contributed by atoms with van der Waals surface area (Å²) in [6.07, 6.45) is 0. The summed E-state index contributed by atoms with van der Waals surface area (Å²) >= 11 is 4.75. The number of aromatic nitrogens is 2. The van der Waals surface area contributed by atoms with Gasteiger partial charge in [0.2, 0.25) is 5.89 Å². The van der Waals surface area contributed by atoms with Crippen molar-refractivity contribution in [3.05, 3.63) is 40.9 Å². The van der Waals surface area contributed by atoms with Crippen molar-refractivity contribution in [3.8, 4) is 11.5 Å². The Bertz CT molecular complexity index is 522. The van der Waals surface area contributed by atoms with E-state index in [1.165, 1.54) is 17.3 Å². The summed E-state index contributed by atoms with van der Waals surface area (Å²) in [7, 11) is 0. The summed E-state index contributed by atoms with van der Waals surface area (Å²) in [4.78, 5) is 0. The zero-order valence-electron chi connectivity index (χ0n) is 9.31. The fraction of sp³-hybridized carbons (Fsp3) is 0.167. The van der Waals surface area contributed by atoms with E-state index in [0.29, 0.717) is 11.1 Å². The van der Waals surface area contributed by atoms with E-state index in [4.69, 9.17) is 4.42 Å². The smallest absolute Gasteiger partial charge is 0.277 e. The van der Waals surface area contributed by atoms with Crippen LogP contribution < -0.4 is 0 Å². The highest BCUT2D eigenvalue weighted by Crippen LogP contribution is 2.25. The molecular weight excluding hydrogens is 300 g/mol. The quantitative estimate of drug-likeness (QED) is 0.799. The molecular formula is C12H11BrN2OS. The zero-order valence-corrected chi connectivity index (χ0v) is 11.7. The Balaban J connectivity index is 2.12. The van der Waals surface area contributed by atoms with Gasteiger partial charge in [0.15, 0.2) is 0 Å². The lowest BCUT2D eigenvalue weighted by Crippen LogP contribution is -1.78. The van der Waals surface area contributed by atoms with Crippen molar-refractivity contribution < 1.29 is 4.42 Å². The van der Waals surface area contributed by atoms with E-state index >= 15 is 0 Å². The number of nitrogens with zero attached hydrogens (tertiary/aromatic N) is 2. The molecule has 0 aliphatic rings. The lowest BCUT2D eigenvalue weighted by Gasteiger charge is -1.95. The van der Waals surface area contributed by atoms with Gasteiger partial charge in [0.25, 0.3) is 5.22 Å².